The molecule has 5 atom stereocenters. The molecule has 0 heterocycles. The van der Waals surface area contributed by atoms with E-state index in [1.54, 1.807) is 0 Å². The summed E-state index contributed by atoms with van der Waals surface area (Å²) in [5, 5.41) is 3.82. The molecule has 5 unspecified atom stereocenters. The van der Waals surface area contributed by atoms with E-state index in [0.29, 0.717) is 6.04 Å². The van der Waals surface area contributed by atoms with Gasteiger partial charge in [-0.2, -0.15) is 0 Å². The zero-order chi connectivity index (χ0) is 13.0. The van der Waals surface area contributed by atoms with Gasteiger partial charge in [0.1, 0.15) is 0 Å². The summed E-state index contributed by atoms with van der Waals surface area (Å²) in [7, 11) is 0. The van der Waals surface area contributed by atoms with Gasteiger partial charge in [-0.05, 0) is 83.5 Å². The van der Waals surface area contributed by atoms with E-state index >= 15 is 0 Å². The maximum Gasteiger partial charge on any atom is 0.0498 e. The maximum absolute atomic E-state index is 3.82. The van der Waals surface area contributed by atoms with E-state index in [2.05, 4.69) is 55.4 Å². The van der Waals surface area contributed by atoms with Gasteiger partial charge in [-0.3, -0.25) is 0 Å². The van der Waals surface area contributed by atoms with Crippen LogP contribution in [-0.4, -0.2) is 6.04 Å². The molecular weight excluding hydrogens is 366 g/mol. The van der Waals surface area contributed by atoms with Gasteiger partial charge in [-0.15, -0.1) is 0 Å². The maximum atomic E-state index is 3.82. The van der Waals surface area contributed by atoms with Crippen LogP contribution in [0.3, 0.4) is 0 Å². The van der Waals surface area contributed by atoms with Crippen LogP contribution in [0.5, 0.6) is 0 Å². The summed E-state index contributed by atoms with van der Waals surface area (Å²) >= 11 is 7.23. The molecule has 1 aromatic rings. The van der Waals surface area contributed by atoms with Crippen molar-refractivity contribution in [3.8, 4) is 0 Å². The molecule has 3 aliphatic carbocycles. The Bertz CT molecular complexity index is 502. The number of benzene rings is 1. The summed E-state index contributed by atoms with van der Waals surface area (Å²) in [4.78, 5) is 0. The molecule has 1 N–H and O–H groups in total. The summed E-state index contributed by atoms with van der Waals surface area (Å²) < 4.78 is 2.33. The van der Waals surface area contributed by atoms with E-state index in [-0.39, 0.29) is 0 Å². The van der Waals surface area contributed by atoms with Gasteiger partial charge >= 0.3 is 0 Å². The fourth-order valence-corrected chi connectivity index (χ4v) is 5.76. The fraction of sp³-hybridized carbons (Fsp3) is 0.625. The number of halogens is 2. The van der Waals surface area contributed by atoms with Gasteiger partial charge in [0.05, 0.1) is 0 Å². The van der Waals surface area contributed by atoms with Gasteiger partial charge in [-0.25, -0.2) is 0 Å². The zero-order valence-corrected chi connectivity index (χ0v) is 14.1. The van der Waals surface area contributed by atoms with E-state index in [0.717, 1.165) is 28.1 Å². The molecule has 3 heteroatoms. The Balaban J connectivity index is 1.54. The van der Waals surface area contributed by atoms with Crippen LogP contribution in [0.15, 0.2) is 27.1 Å². The average molecular weight is 385 g/mol. The lowest BCUT2D eigenvalue weighted by Gasteiger charge is -2.33. The SMILES string of the molecule is Brc1ccc(Br)c(NC2CC3CC2C2CCCC32)c1. The molecule has 0 radical (unpaired) electrons. The summed E-state index contributed by atoms with van der Waals surface area (Å²) in [6.07, 6.45) is 7.36. The van der Waals surface area contributed by atoms with Crippen LogP contribution >= 0.6 is 31.9 Å². The molecule has 0 aromatic heterocycles. The van der Waals surface area contributed by atoms with E-state index in [1.165, 1.54) is 42.3 Å². The third-order valence-electron chi connectivity index (χ3n) is 5.70. The van der Waals surface area contributed by atoms with Crippen molar-refractivity contribution in [1.29, 1.82) is 0 Å². The predicted molar refractivity (Wildman–Crippen MR) is 86.3 cm³/mol. The van der Waals surface area contributed by atoms with E-state index in [4.69, 9.17) is 0 Å². The molecule has 3 saturated carbocycles. The molecule has 3 fully saturated rings. The van der Waals surface area contributed by atoms with Crippen LogP contribution in [0.25, 0.3) is 0 Å². The van der Waals surface area contributed by atoms with E-state index in [1.807, 2.05) is 0 Å². The van der Waals surface area contributed by atoms with Crippen LogP contribution in [0.1, 0.15) is 32.1 Å². The molecule has 1 aromatic carbocycles. The third kappa shape index (κ3) is 2.08. The molecule has 19 heavy (non-hydrogen) atoms. The Morgan fingerprint density at radius 3 is 2.74 bits per heavy atom. The summed E-state index contributed by atoms with van der Waals surface area (Å²) in [6, 6.07) is 7.11. The van der Waals surface area contributed by atoms with Crippen molar-refractivity contribution in [2.75, 3.05) is 5.32 Å². The van der Waals surface area contributed by atoms with Gasteiger partial charge < -0.3 is 5.32 Å². The van der Waals surface area contributed by atoms with Crippen LogP contribution in [0.2, 0.25) is 0 Å². The Labute approximate surface area is 131 Å². The normalized spacial score (nSPS) is 39.6. The molecule has 0 spiro atoms. The van der Waals surface area contributed by atoms with Crippen LogP contribution < -0.4 is 5.32 Å². The highest BCUT2D eigenvalue weighted by atomic mass is 79.9. The fourth-order valence-electron chi connectivity index (χ4n) is 5.04. The zero-order valence-electron chi connectivity index (χ0n) is 10.9. The third-order valence-corrected chi connectivity index (χ3v) is 6.88. The lowest BCUT2D eigenvalue weighted by Crippen LogP contribution is -2.33. The largest absolute Gasteiger partial charge is 0.381 e. The number of anilines is 1. The number of rotatable bonds is 2. The van der Waals surface area contributed by atoms with Gasteiger partial charge in [0.15, 0.2) is 0 Å². The van der Waals surface area contributed by atoms with Gasteiger partial charge in [0, 0.05) is 20.7 Å². The second-order valence-electron chi connectivity index (χ2n) is 6.53. The Kier molecular flexibility index (Phi) is 3.19. The van der Waals surface area contributed by atoms with Crippen molar-refractivity contribution in [3.63, 3.8) is 0 Å². The summed E-state index contributed by atoms with van der Waals surface area (Å²) in [5.74, 6) is 4.06. The van der Waals surface area contributed by atoms with Crippen molar-refractivity contribution >= 4 is 37.5 Å². The quantitative estimate of drug-likeness (QED) is 0.714. The number of hydrogen-bond donors (Lipinski definition) is 1. The highest BCUT2D eigenvalue weighted by Gasteiger charge is 2.53. The molecule has 0 aliphatic heterocycles. The highest BCUT2D eigenvalue weighted by Crippen LogP contribution is 2.59. The first-order valence-electron chi connectivity index (χ1n) is 7.44. The van der Waals surface area contributed by atoms with Crippen molar-refractivity contribution in [1.82, 2.24) is 0 Å². The van der Waals surface area contributed by atoms with Crippen molar-refractivity contribution in [2.24, 2.45) is 23.7 Å². The Hall–Kier alpha value is -0.0200. The van der Waals surface area contributed by atoms with Crippen LogP contribution in [0, 0.1) is 23.7 Å². The minimum Gasteiger partial charge on any atom is -0.381 e. The molecule has 102 valence electrons. The van der Waals surface area contributed by atoms with E-state index < -0.39 is 0 Å². The Morgan fingerprint density at radius 1 is 1.00 bits per heavy atom. The monoisotopic (exact) mass is 383 g/mol. The number of fused-ring (bicyclic) bond motifs is 5. The highest BCUT2D eigenvalue weighted by molar-refractivity contribution is 9.11. The molecule has 4 rings (SSSR count). The van der Waals surface area contributed by atoms with Crippen molar-refractivity contribution < 1.29 is 0 Å². The number of hydrogen-bond acceptors (Lipinski definition) is 1. The van der Waals surface area contributed by atoms with Gasteiger partial charge in [0.2, 0.25) is 0 Å². The second-order valence-corrected chi connectivity index (χ2v) is 8.30. The smallest absolute Gasteiger partial charge is 0.0498 e. The summed E-state index contributed by atoms with van der Waals surface area (Å²) in [6.45, 7) is 0. The first kappa shape index (κ1) is 12.7. The number of nitrogens with one attached hydrogen (secondary N) is 1. The Morgan fingerprint density at radius 2 is 1.84 bits per heavy atom. The van der Waals surface area contributed by atoms with Crippen LogP contribution in [-0.2, 0) is 0 Å². The standard InChI is InChI=1S/C16H19Br2N/c17-10-4-5-14(18)16(8-10)19-15-7-9-6-13(15)12-3-1-2-11(9)12/h4-5,8-9,11-13,15,19H,1-3,6-7H2. The minimum atomic E-state index is 0.704. The molecule has 3 aliphatic rings. The summed E-state index contributed by atoms with van der Waals surface area (Å²) in [5.41, 5.74) is 1.25. The van der Waals surface area contributed by atoms with Crippen molar-refractivity contribution in [3.05, 3.63) is 27.1 Å². The lowest BCUT2D eigenvalue weighted by atomic mass is 9.79. The average Bonchev–Trinajstić information content (AvgIpc) is 3.05. The van der Waals surface area contributed by atoms with Crippen LogP contribution in [0.4, 0.5) is 5.69 Å². The minimum absolute atomic E-state index is 0.704. The predicted octanol–water partition coefficient (Wildman–Crippen LogP) is 5.45. The second kappa shape index (κ2) is 4.77. The van der Waals surface area contributed by atoms with Gasteiger partial charge in [-0.1, -0.05) is 22.4 Å². The van der Waals surface area contributed by atoms with Crippen molar-refractivity contribution in [2.45, 2.75) is 38.1 Å². The topological polar surface area (TPSA) is 12.0 Å². The van der Waals surface area contributed by atoms with E-state index in [9.17, 15) is 0 Å². The van der Waals surface area contributed by atoms with Gasteiger partial charge in [0.25, 0.3) is 0 Å². The molecule has 0 amide bonds. The molecular formula is C16H19Br2N. The first-order chi connectivity index (χ1) is 9.22. The molecule has 1 nitrogen and oxygen atoms in total. The molecule has 2 bridgehead atoms. The molecule has 0 saturated heterocycles. The lowest BCUT2D eigenvalue weighted by molar-refractivity contribution is 0.243. The first-order valence-corrected chi connectivity index (χ1v) is 9.02.